The minimum atomic E-state index is 0.0418. The molecular weight excluding hydrogens is 308 g/mol. The Kier molecular flexibility index (Phi) is 8.14. The lowest BCUT2D eigenvalue weighted by atomic mass is 9.89. The van der Waals surface area contributed by atoms with E-state index < -0.39 is 0 Å². The monoisotopic (exact) mass is 340 g/mol. The lowest BCUT2D eigenvalue weighted by molar-refractivity contribution is 0.0205. The zero-order valence-electron chi connectivity index (χ0n) is 16.0. The van der Waals surface area contributed by atoms with Crippen molar-refractivity contribution in [2.24, 2.45) is 17.5 Å². The quantitative estimate of drug-likeness (QED) is 0.415. The van der Waals surface area contributed by atoms with Crippen LogP contribution >= 0.6 is 0 Å². The Morgan fingerprint density at radius 3 is 2.46 bits per heavy atom. The van der Waals surface area contributed by atoms with Crippen LogP contribution in [0.5, 0.6) is 0 Å². The summed E-state index contributed by atoms with van der Waals surface area (Å²) in [4.78, 5) is 4.59. The fourth-order valence-corrected chi connectivity index (χ4v) is 2.12. The fourth-order valence-electron chi connectivity index (χ4n) is 2.12. The molecule has 1 atom stereocenters. The Labute approximate surface area is 145 Å². The number of guanidine groups is 1. The summed E-state index contributed by atoms with van der Waals surface area (Å²) in [6, 6.07) is 0. The maximum Gasteiger partial charge on any atom is 0.191 e. The van der Waals surface area contributed by atoms with E-state index in [4.69, 9.17) is 9.47 Å². The van der Waals surface area contributed by atoms with E-state index in [-0.39, 0.29) is 11.5 Å². The number of aryl methyl sites for hydroxylation is 1. The Morgan fingerprint density at radius 1 is 1.25 bits per heavy atom. The van der Waals surface area contributed by atoms with Crippen LogP contribution in [0.15, 0.2) is 4.99 Å². The first kappa shape index (κ1) is 20.4. The third-order valence-electron chi connectivity index (χ3n) is 3.87. The average Bonchev–Trinajstić information content (AvgIpc) is 2.83. The Bertz CT molecular complexity index is 521. The molecular formula is C16H32N6O2. The summed E-state index contributed by atoms with van der Waals surface area (Å²) in [5.41, 5.74) is 0.0418. The molecule has 2 N–H and O–H groups in total. The topological polar surface area (TPSA) is 85.6 Å². The summed E-state index contributed by atoms with van der Waals surface area (Å²) >= 11 is 0. The lowest BCUT2D eigenvalue weighted by Crippen LogP contribution is -2.46. The van der Waals surface area contributed by atoms with Crippen molar-refractivity contribution >= 4 is 5.96 Å². The van der Waals surface area contributed by atoms with Gasteiger partial charge >= 0.3 is 0 Å². The van der Waals surface area contributed by atoms with Crippen LogP contribution in [0.1, 0.15) is 32.4 Å². The van der Waals surface area contributed by atoms with Crippen LogP contribution in [0.4, 0.5) is 0 Å². The van der Waals surface area contributed by atoms with Gasteiger partial charge in [-0.3, -0.25) is 0 Å². The van der Waals surface area contributed by atoms with Crippen LogP contribution in [0, 0.1) is 12.3 Å². The fraction of sp³-hybridized carbons (Fsp3) is 0.812. The summed E-state index contributed by atoms with van der Waals surface area (Å²) in [7, 11) is 5.34. The minimum absolute atomic E-state index is 0.0418. The van der Waals surface area contributed by atoms with Gasteiger partial charge in [0.2, 0.25) is 0 Å². The zero-order chi connectivity index (χ0) is 18.2. The largest absolute Gasteiger partial charge is 0.383 e. The summed E-state index contributed by atoms with van der Waals surface area (Å²) < 4.78 is 12.6. The maximum absolute atomic E-state index is 5.58. The number of nitrogens with one attached hydrogen (secondary N) is 2. The summed E-state index contributed by atoms with van der Waals surface area (Å²) in [6.45, 7) is 10.8. The van der Waals surface area contributed by atoms with Gasteiger partial charge in [-0.2, -0.15) is 0 Å². The van der Waals surface area contributed by atoms with Gasteiger partial charge in [0, 0.05) is 34.4 Å². The van der Waals surface area contributed by atoms with Gasteiger partial charge in [0.25, 0.3) is 0 Å². The number of ether oxygens (including phenoxy) is 2. The number of methoxy groups -OCH3 is 2. The second-order valence-corrected chi connectivity index (χ2v) is 6.78. The number of nitrogens with zero attached hydrogens (tertiary/aromatic N) is 4. The van der Waals surface area contributed by atoms with E-state index in [0.29, 0.717) is 32.2 Å². The molecule has 0 spiro atoms. The van der Waals surface area contributed by atoms with Crippen molar-refractivity contribution in [3.05, 3.63) is 11.6 Å². The van der Waals surface area contributed by atoms with Gasteiger partial charge in [0.1, 0.15) is 12.4 Å². The molecule has 8 nitrogen and oxygen atoms in total. The molecule has 0 radical (unpaired) electrons. The molecule has 1 rings (SSSR count). The molecule has 0 aliphatic carbocycles. The summed E-state index contributed by atoms with van der Waals surface area (Å²) in [5, 5.41) is 14.8. The third-order valence-corrected chi connectivity index (χ3v) is 3.87. The highest BCUT2D eigenvalue weighted by molar-refractivity contribution is 5.79. The molecule has 0 aromatic carbocycles. The highest BCUT2D eigenvalue weighted by atomic mass is 16.5. The standard InChI is InChI=1S/C16H32N6O2/c1-12-20-21-14(22(12)5)11-19-15(17-8-9-23-6)18-10-13(24-7)16(2,3)4/h13H,8-11H2,1-7H3,(H2,17,18,19). The van der Waals surface area contributed by atoms with Gasteiger partial charge < -0.3 is 24.7 Å². The number of aromatic nitrogens is 3. The van der Waals surface area contributed by atoms with Crippen LogP contribution in [-0.2, 0) is 23.1 Å². The SMILES string of the molecule is COCCNC(=NCc1nnc(C)n1C)NCC(OC)C(C)(C)C. The first-order valence-corrected chi connectivity index (χ1v) is 8.18. The normalized spacial score (nSPS) is 13.9. The van der Waals surface area contributed by atoms with Crippen LogP contribution in [0.2, 0.25) is 0 Å². The number of aliphatic imine (C=N–C) groups is 1. The van der Waals surface area contributed by atoms with Crippen LogP contribution < -0.4 is 10.6 Å². The predicted octanol–water partition coefficient (Wildman–Crippen LogP) is 0.866. The predicted molar refractivity (Wildman–Crippen MR) is 95.0 cm³/mol. The zero-order valence-corrected chi connectivity index (χ0v) is 16.0. The smallest absolute Gasteiger partial charge is 0.191 e. The molecule has 0 bridgehead atoms. The highest BCUT2D eigenvalue weighted by Gasteiger charge is 2.24. The molecule has 0 saturated heterocycles. The van der Waals surface area contributed by atoms with Crippen LogP contribution in [0.25, 0.3) is 0 Å². The van der Waals surface area contributed by atoms with Crippen molar-refractivity contribution in [1.82, 2.24) is 25.4 Å². The lowest BCUT2D eigenvalue weighted by Gasteiger charge is -2.30. The molecule has 138 valence electrons. The number of hydrogen-bond donors (Lipinski definition) is 2. The maximum atomic E-state index is 5.58. The first-order valence-electron chi connectivity index (χ1n) is 8.18. The molecule has 0 saturated carbocycles. The number of hydrogen-bond acceptors (Lipinski definition) is 5. The van der Waals surface area contributed by atoms with Gasteiger partial charge in [-0.25, -0.2) is 4.99 Å². The van der Waals surface area contributed by atoms with E-state index in [1.54, 1.807) is 14.2 Å². The highest BCUT2D eigenvalue weighted by Crippen LogP contribution is 2.20. The number of rotatable bonds is 8. The Hall–Kier alpha value is -1.67. The van der Waals surface area contributed by atoms with Gasteiger partial charge in [-0.05, 0) is 12.3 Å². The van der Waals surface area contributed by atoms with Crippen LogP contribution in [0.3, 0.4) is 0 Å². The molecule has 1 aromatic rings. The molecule has 0 aliphatic heterocycles. The molecule has 0 aliphatic rings. The van der Waals surface area contributed by atoms with Crippen LogP contribution in [-0.4, -0.2) is 60.7 Å². The molecule has 1 aromatic heterocycles. The third kappa shape index (κ3) is 6.45. The van der Waals surface area contributed by atoms with E-state index >= 15 is 0 Å². The van der Waals surface area contributed by atoms with E-state index in [2.05, 4.69) is 46.6 Å². The molecule has 0 amide bonds. The molecule has 1 heterocycles. The summed E-state index contributed by atoms with van der Waals surface area (Å²) in [6.07, 6.45) is 0.0731. The second-order valence-electron chi connectivity index (χ2n) is 6.78. The average molecular weight is 340 g/mol. The van der Waals surface area contributed by atoms with Crippen molar-refractivity contribution in [2.45, 2.75) is 40.3 Å². The Morgan fingerprint density at radius 2 is 1.96 bits per heavy atom. The van der Waals surface area contributed by atoms with Crippen molar-refractivity contribution in [3.63, 3.8) is 0 Å². The van der Waals surface area contributed by atoms with Gasteiger partial charge in [-0.1, -0.05) is 20.8 Å². The van der Waals surface area contributed by atoms with Gasteiger partial charge in [0.05, 0.1) is 12.7 Å². The molecule has 0 fully saturated rings. The second kappa shape index (κ2) is 9.58. The van der Waals surface area contributed by atoms with E-state index in [1.807, 2.05) is 18.5 Å². The molecule has 24 heavy (non-hydrogen) atoms. The molecule has 8 heteroatoms. The van der Waals surface area contributed by atoms with Crippen molar-refractivity contribution < 1.29 is 9.47 Å². The Balaban J connectivity index is 2.71. The van der Waals surface area contributed by atoms with E-state index in [9.17, 15) is 0 Å². The van der Waals surface area contributed by atoms with Gasteiger partial charge in [0.15, 0.2) is 11.8 Å². The van der Waals surface area contributed by atoms with Crippen molar-refractivity contribution in [2.75, 3.05) is 33.9 Å². The molecule has 1 unspecified atom stereocenters. The van der Waals surface area contributed by atoms with E-state index in [0.717, 1.165) is 11.6 Å². The van der Waals surface area contributed by atoms with Crippen molar-refractivity contribution in [1.29, 1.82) is 0 Å². The van der Waals surface area contributed by atoms with Crippen molar-refractivity contribution in [3.8, 4) is 0 Å². The minimum Gasteiger partial charge on any atom is -0.383 e. The summed E-state index contributed by atoms with van der Waals surface area (Å²) in [5.74, 6) is 2.40. The first-order chi connectivity index (χ1) is 11.3. The van der Waals surface area contributed by atoms with Gasteiger partial charge in [-0.15, -0.1) is 10.2 Å². The van der Waals surface area contributed by atoms with E-state index in [1.165, 1.54) is 0 Å².